The van der Waals surface area contributed by atoms with Gasteiger partial charge in [0, 0.05) is 5.92 Å². The van der Waals surface area contributed by atoms with E-state index in [0.717, 1.165) is 25.2 Å². The van der Waals surface area contributed by atoms with Crippen LogP contribution >= 0.6 is 0 Å². The zero-order valence-corrected chi connectivity index (χ0v) is 24.5. The zero-order chi connectivity index (χ0) is 26.9. The van der Waals surface area contributed by atoms with Crippen LogP contribution in [0.15, 0.2) is 72.4 Å². The molecule has 194 valence electrons. The number of allylic oxidation sites excluding steroid dienone is 5. The highest BCUT2D eigenvalue weighted by Gasteiger charge is 2.58. The van der Waals surface area contributed by atoms with Crippen molar-refractivity contribution in [3.05, 3.63) is 100 Å². The summed E-state index contributed by atoms with van der Waals surface area (Å²) in [7, 11) is 0. The highest BCUT2D eigenvalue weighted by Crippen LogP contribution is 2.64. The van der Waals surface area contributed by atoms with Gasteiger partial charge in [0.15, 0.2) is 0 Å². The van der Waals surface area contributed by atoms with Crippen LogP contribution in [-0.2, 0) is 12.8 Å². The lowest BCUT2D eigenvalue weighted by atomic mass is 9.41. The van der Waals surface area contributed by atoms with Crippen molar-refractivity contribution < 1.29 is 0 Å². The Balaban J connectivity index is 1.49. The molecule has 1 fully saturated rings. The first-order valence-electron chi connectivity index (χ1n) is 14.3. The van der Waals surface area contributed by atoms with E-state index in [2.05, 4.69) is 117 Å². The van der Waals surface area contributed by atoms with Crippen LogP contribution in [0.5, 0.6) is 0 Å². The first-order chi connectivity index (χ1) is 17.3. The molecule has 0 saturated heterocycles. The van der Waals surface area contributed by atoms with Gasteiger partial charge >= 0.3 is 0 Å². The molecule has 3 aliphatic rings. The van der Waals surface area contributed by atoms with E-state index in [4.69, 9.17) is 0 Å². The highest BCUT2D eigenvalue weighted by molar-refractivity contribution is 5.80. The van der Waals surface area contributed by atoms with Gasteiger partial charge < -0.3 is 0 Å². The van der Waals surface area contributed by atoms with Gasteiger partial charge in [0.05, 0.1) is 0 Å². The van der Waals surface area contributed by atoms with E-state index in [1.807, 2.05) is 0 Å². The number of hydrogen-bond acceptors (Lipinski definition) is 0. The van der Waals surface area contributed by atoms with Crippen molar-refractivity contribution in [2.24, 2.45) is 34.5 Å². The summed E-state index contributed by atoms with van der Waals surface area (Å²) in [6.45, 7) is 28.0. The molecule has 0 nitrogen and oxygen atoms in total. The van der Waals surface area contributed by atoms with Gasteiger partial charge in [0.2, 0.25) is 0 Å². The average Bonchev–Trinajstić information content (AvgIpc) is 3.25. The van der Waals surface area contributed by atoms with Crippen LogP contribution in [0.1, 0.15) is 75.8 Å². The van der Waals surface area contributed by atoms with Crippen LogP contribution < -0.4 is 0 Å². The standard InChI is InChI=1S/C37H46/c1-22-16-25(4)32(21-35-36(7,8)27(6)37(35,9)10)34(17-22)30-13-11-12-29-18-28(20-33(29)30)19-31-24(3)15-14-23(2)26(31)5/h11-18,23,27,31,35H,3,5,19-21H2,1-2,4,6-10H3. The average molecular weight is 491 g/mol. The molecule has 0 N–H and O–H groups in total. The molecule has 0 aromatic heterocycles. The minimum atomic E-state index is 0.353. The van der Waals surface area contributed by atoms with Crippen molar-refractivity contribution in [1.82, 2.24) is 0 Å². The molecule has 2 unspecified atom stereocenters. The van der Waals surface area contributed by atoms with Gasteiger partial charge in [0.1, 0.15) is 0 Å². The predicted molar refractivity (Wildman–Crippen MR) is 162 cm³/mol. The van der Waals surface area contributed by atoms with E-state index in [1.165, 1.54) is 50.1 Å². The molecule has 0 heterocycles. The molecule has 0 radical (unpaired) electrons. The second-order valence-corrected chi connectivity index (χ2v) is 13.6. The molecule has 2 atom stereocenters. The third-order valence-electron chi connectivity index (χ3n) is 10.9. The first kappa shape index (κ1) is 26.0. The summed E-state index contributed by atoms with van der Waals surface area (Å²) >= 11 is 0. The summed E-state index contributed by atoms with van der Waals surface area (Å²) in [5.74, 6) is 2.19. The van der Waals surface area contributed by atoms with Crippen LogP contribution in [0.25, 0.3) is 17.2 Å². The second-order valence-electron chi connectivity index (χ2n) is 13.6. The second kappa shape index (κ2) is 9.00. The number of rotatable bonds is 5. The Hall–Kier alpha value is -2.60. The van der Waals surface area contributed by atoms with Crippen LogP contribution in [0.4, 0.5) is 0 Å². The Morgan fingerprint density at radius 2 is 1.62 bits per heavy atom. The van der Waals surface area contributed by atoms with Crippen molar-refractivity contribution in [3.63, 3.8) is 0 Å². The SMILES string of the molecule is C=C1C=CC(C)C(=C)C1CC1=Cc2cccc(-c3cc(C)cc(C)c3CC3C(C)(C)C(C)C3(C)C)c2C1. The predicted octanol–water partition coefficient (Wildman–Crippen LogP) is 10.1. The third kappa shape index (κ3) is 4.21. The van der Waals surface area contributed by atoms with Crippen molar-refractivity contribution in [3.8, 4) is 11.1 Å². The minimum absolute atomic E-state index is 0.353. The van der Waals surface area contributed by atoms with Crippen LogP contribution in [-0.4, -0.2) is 0 Å². The monoisotopic (exact) mass is 490 g/mol. The fourth-order valence-electron chi connectivity index (χ4n) is 8.07. The summed E-state index contributed by atoms with van der Waals surface area (Å²) in [6, 6.07) is 11.8. The molecule has 2 aromatic rings. The summed E-state index contributed by atoms with van der Waals surface area (Å²) < 4.78 is 0. The minimum Gasteiger partial charge on any atom is -0.0986 e. The lowest BCUT2D eigenvalue weighted by Gasteiger charge is -2.64. The quantitative estimate of drug-likeness (QED) is 0.366. The molecule has 0 heteroatoms. The van der Waals surface area contributed by atoms with E-state index in [0.29, 0.717) is 28.6 Å². The number of benzene rings is 2. The van der Waals surface area contributed by atoms with Gasteiger partial charge in [-0.3, -0.25) is 0 Å². The molecular weight excluding hydrogens is 444 g/mol. The molecule has 0 amide bonds. The van der Waals surface area contributed by atoms with Crippen molar-refractivity contribution in [1.29, 1.82) is 0 Å². The molecule has 0 aliphatic heterocycles. The van der Waals surface area contributed by atoms with E-state index in [-0.39, 0.29) is 0 Å². The Morgan fingerprint density at radius 3 is 2.32 bits per heavy atom. The van der Waals surface area contributed by atoms with Crippen LogP contribution in [0.2, 0.25) is 0 Å². The zero-order valence-electron chi connectivity index (χ0n) is 24.5. The molecule has 37 heavy (non-hydrogen) atoms. The first-order valence-corrected chi connectivity index (χ1v) is 14.3. The fraction of sp³-hybridized carbons (Fsp3) is 0.459. The van der Waals surface area contributed by atoms with E-state index in [1.54, 1.807) is 5.56 Å². The molecule has 1 saturated carbocycles. The van der Waals surface area contributed by atoms with Gasteiger partial charge in [-0.05, 0) is 101 Å². The van der Waals surface area contributed by atoms with E-state index in [9.17, 15) is 0 Å². The van der Waals surface area contributed by atoms with Crippen LogP contribution in [0.3, 0.4) is 0 Å². The van der Waals surface area contributed by atoms with Crippen molar-refractivity contribution >= 4 is 6.08 Å². The van der Waals surface area contributed by atoms with Gasteiger partial charge in [-0.1, -0.05) is 120 Å². The molecular formula is C37H46. The fourth-order valence-corrected chi connectivity index (χ4v) is 8.07. The molecule has 3 aliphatic carbocycles. The Labute approximate surface area is 226 Å². The summed E-state index contributed by atoms with van der Waals surface area (Å²) in [6.07, 6.45) is 10.1. The lowest BCUT2D eigenvalue weighted by molar-refractivity contribution is -0.151. The third-order valence-corrected chi connectivity index (χ3v) is 10.9. The summed E-state index contributed by atoms with van der Waals surface area (Å²) in [4.78, 5) is 0. The molecule has 2 aromatic carbocycles. The Morgan fingerprint density at radius 1 is 0.919 bits per heavy atom. The molecule has 0 bridgehead atoms. The largest absolute Gasteiger partial charge is 0.0986 e. The lowest BCUT2D eigenvalue weighted by Crippen LogP contribution is -2.58. The highest BCUT2D eigenvalue weighted by atomic mass is 14.6. The van der Waals surface area contributed by atoms with Gasteiger partial charge in [-0.2, -0.15) is 0 Å². The van der Waals surface area contributed by atoms with Crippen molar-refractivity contribution in [2.45, 2.75) is 74.7 Å². The van der Waals surface area contributed by atoms with E-state index >= 15 is 0 Å². The maximum Gasteiger partial charge on any atom is 0.00826 e. The Kier molecular flexibility index (Phi) is 6.33. The van der Waals surface area contributed by atoms with Gasteiger partial charge in [0.25, 0.3) is 0 Å². The summed E-state index contributed by atoms with van der Waals surface area (Å²) in [5, 5.41) is 0. The van der Waals surface area contributed by atoms with E-state index < -0.39 is 0 Å². The topological polar surface area (TPSA) is 0 Å². The number of fused-ring (bicyclic) bond motifs is 1. The number of aryl methyl sites for hydroxylation is 2. The summed E-state index contributed by atoms with van der Waals surface area (Å²) in [5.41, 5.74) is 14.9. The molecule has 5 rings (SSSR count). The van der Waals surface area contributed by atoms with Crippen molar-refractivity contribution in [2.75, 3.05) is 0 Å². The maximum atomic E-state index is 4.44. The molecule has 0 spiro atoms. The Bertz CT molecular complexity index is 1320. The smallest absolute Gasteiger partial charge is 0.00826 e. The van der Waals surface area contributed by atoms with Gasteiger partial charge in [-0.25, -0.2) is 0 Å². The van der Waals surface area contributed by atoms with Gasteiger partial charge in [-0.15, -0.1) is 0 Å². The number of hydrogen-bond donors (Lipinski definition) is 0. The van der Waals surface area contributed by atoms with Crippen LogP contribution in [0, 0.1) is 48.3 Å². The maximum absolute atomic E-state index is 4.44. The normalized spacial score (nSPS) is 27.6.